The predicted molar refractivity (Wildman–Crippen MR) is 102 cm³/mol. The monoisotopic (exact) mass is 382 g/mol. The van der Waals surface area contributed by atoms with E-state index in [1.807, 2.05) is 4.90 Å². The number of amides is 1. The van der Waals surface area contributed by atoms with Crippen molar-refractivity contribution in [1.29, 1.82) is 0 Å². The van der Waals surface area contributed by atoms with Crippen LogP contribution in [-0.2, 0) is 0 Å². The second kappa shape index (κ2) is 9.25. The predicted octanol–water partition coefficient (Wildman–Crippen LogP) is 6.00. The minimum Gasteiger partial charge on any atom is -0.360 e. The van der Waals surface area contributed by atoms with Crippen LogP contribution < -0.4 is 0 Å². The number of nitrogens with zero attached hydrogens (tertiary/aromatic N) is 2. The average Bonchev–Trinajstić information content (AvgIpc) is 2.95. The van der Waals surface area contributed by atoms with Gasteiger partial charge in [0.05, 0.1) is 10.0 Å². The van der Waals surface area contributed by atoms with Crippen molar-refractivity contribution >= 4 is 29.1 Å². The van der Waals surface area contributed by atoms with Gasteiger partial charge in [-0.15, -0.1) is 0 Å². The molecule has 0 N–H and O–H groups in total. The number of hydrogen-bond acceptors (Lipinski definition) is 3. The zero-order valence-electron chi connectivity index (χ0n) is 14.9. The Morgan fingerprint density at radius 3 is 2.20 bits per heavy atom. The zero-order valence-corrected chi connectivity index (χ0v) is 16.5. The molecule has 0 saturated heterocycles. The molecule has 0 aliphatic carbocycles. The summed E-state index contributed by atoms with van der Waals surface area (Å²) in [6.45, 7) is 7.40. The van der Waals surface area contributed by atoms with Crippen LogP contribution in [0.4, 0.5) is 0 Å². The van der Waals surface area contributed by atoms with Crippen LogP contribution in [0.3, 0.4) is 0 Å². The van der Waals surface area contributed by atoms with Crippen LogP contribution in [-0.4, -0.2) is 29.1 Å². The van der Waals surface area contributed by atoms with E-state index in [1.165, 1.54) is 0 Å². The van der Waals surface area contributed by atoms with Gasteiger partial charge in [0.1, 0.15) is 17.0 Å². The highest BCUT2D eigenvalue weighted by molar-refractivity contribution is 6.39. The maximum absolute atomic E-state index is 13.2. The van der Waals surface area contributed by atoms with Gasteiger partial charge in [-0.25, -0.2) is 0 Å². The first-order chi connectivity index (χ1) is 12.0. The van der Waals surface area contributed by atoms with Crippen LogP contribution in [0.5, 0.6) is 0 Å². The van der Waals surface area contributed by atoms with Crippen LogP contribution in [0.25, 0.3) is 11.3 Å². The van der Waals surface area contributed by atoms with Crippen molar-refractivity contribution in [3.8, 4) is 11.3 Å². The molecule has 25 heavy (non-hydrogen) atoms. The van der Waals surface area contributed by atoms with E-state index in [9.17, 15) is 4.79 Å². The van der Waals surface area contributed by atoms with Crippen molar-refractivity contribution in [1.82, 2.24) is 10.1 Å². The first-order valence-electron chi connectivity index (χ1n) is 8.71. The minimum atomic E-state index is -0.0772. The Bertz CT molecular complexity index is 700. The van der Waals surface area contributed by atoms with E-state index in [4.69, 9.17) is 27.7 Å². The molecular formula is C19H24Cl2N2O2. The van der Waals surface area contributed by atoms with Crippen LogP contribution in [0.15, 0.2) is 22.7 Å². The number of hydrogen-bond donors (Lipinski definition) is 0. The quantitative estimate of drug-likeness (QED) is 0.562. The lowest BCUT2D eigenvalue weighted by Crippen LogP contribution is -2.33. The van der Waals surface area contributed by atoms with Gasteiger partial charge in [-0.3, -0.25) is 4.79 Å². The Morgan fingerprint density at radius 1 is 1.12 bits per heavy atom. The van der Waals surface area contributed by atoms with E-state index in [0.29, 0.717) is 32.6 Å². The lowest BCUT2D eigenvalue weighted by atomic mass is 10.0. The molecule has 1 amide bonds. The van der Waals surface area contributed by atoms with Crippen molar-refractivity contribution in [3.63, 3.8) is 0 Å². The summed E-state index contributed by atoms with van der Waals surface area (Å²) in [5, 5.41) is 4.98. The number of benzene rings is 1. The highest BCUT2D eigenvalue weighted by atomic mass is 35.5. The van der Waals surface area contributed by atoms with Crippen molar-refractivity contribution < 1.29 is 9.32 Å². The smallest absolute Gasteiger partial charge is 0.259 e. The number of carbonyl (C=O) groups excluding carboxylic acids is 1. The summed E-state index contributed by atoms with van der Waals surface area (Å²) in [4.78, 5) is 15.1. The second-order valence-corrected chi connectivity index (χ2v) is 6.87. The van der Waals surface area contributed by atoms with Gasteiger partial charge in [-0.2, -0.15) is 0 Å². The molecule has 0 unspecified atom stereocenters. The van der Waals surface area contributed by atoms with Crippen LogP contribution in [0.1, 0.15) is 55.6 Å². The number of aromatic nitrogens is 1. The molecule has 2 aromatic rings. The van der Waals surface area contributed by atoms with Crippen molar-refractivity contribution in [3.05, 3.63) is 39.6 Å². The molecule has 0 saturated carbocycles. The maximum Gasteiger partial charge on any atom is 0.259 e. The Morgan fingerprint density at radius 2 is 1.68 bits per heavy atom. The van der Waals surface area contributed by atoms with E-state index < -0.39 is 0 Å². The lowest BCUT2D eigenvalue weighted by molar-refractivity contribution is 0.0750. The first-order valence-corrected chi connectivity index (χ1v) is 9.46. The molecule has 136 valence electrons. The van der Waals surface area contributed by atoms with Crippen LogP contribution in [0, 0.1) is 6.92 Å². The van der Waals surface area contributed by atoms with E-state index >= 15 is 0 Å². The maximum atomic E-state index is 13.2. The Labute approximate surface area is 159 Å². The Hall–Kier alpha value is -1.52. The number of carbonyl (C=O) groups is 1. The summed E-state index contributed by atoms with van der Waals surface area (Å²) < 4.78 is 5.33. The van der Waals surface area contributed by atoms with Gasteiger partial charge in [0.25, 0.3) is 5.91 Å². The molecular weight excluding hydrogens is 359 g/mol. The van der Waals surface area contributed by atoms with Gasteiger partial charge in [-0.1, -0.05) is 61.1 Å². The standard InChI is InChI=1S/C19H24Cl2N2O2/c1-4-6-11-23(12-7-5-2)19(24)16-13(3)25-22-18(16)17-14(20)9-8-10-15(17)21/h8-10H,4-7,11-12H2,1-3H3. The second-order valence-electron chi connectivity index (χ2n) is 6.06. The molecule has 0 radical (unpaired) electrons. The van der Waals surface area contributed by atoms with E-state index in [-0.39, 0.29) is 5.91 Å². The van der Waals surface area contributed by atoms with Crippen molar-refractivity contribution in [2.45, 2.75) is 46.5 Å². The molecule has 0 fully saturated rings. The third kappa shape index (κ3) is 4.56. The van der Waals surface area contributed by atoms with E-state index in [0.717, 1.165) is 38.8 Å². The lowest BCUT2D eigenvalue weighted by Gasteiger charge is -2.22. The molecule has 6 heteroatoms. The Balaban J connectivity index is 2.44. The molecule has 1 heterocycles. The molecule has 2 rings (SSSR count). The fourth-order valence-corrected chi connectivity index (χ4v) is 3.27. The Kier molecular flexibility index (Phi) is 7.33. The van der Waals surface area contributed by atoms with Gasteiger partial charge < -0.3 is 9.42 Å². The van der Waals surface area contributed by atoms with Gasteiger partial charge >= 0.3 is 0 Å². The molecule has 0 aliphatic rings. The highest BCUT2D eigenvalue weighted by Crippen LogP contribution is 2.37. The normalized spacial score (nSPS) is 10.9. The van der Waals surface area contributed by atoms with Crippen LogP contribution >= 0.6 is 23.2 Å². The summed E-state index contributed by atoms with van der Waals surface area (Å²) in [5.74, 6) is 0.403. The first kappa shape index (κ1) is 19.8. The molecule has 0 aliphatic heterocycles. The topological polar surface area (TPSA) is 46.3 Å². The van der Waals surface area contributed by atoms with Gasteiger partial charge in [-0.05, 0) is 31.9 Å². The fraction of sp³-hybridized carbons (Fsp3) is 0.474. The molecule has 1 aromatic carbocycles. The van der Waals surface area contributed by atoms with Gasteiger partial charge in [0.2, 0.25) is 0 Å². The number of rotatable bonds is 8. The number of aryl methyl sites for hydroxylation is 1. The molecule has 0 bridgehead atoms. The summed E-state index contributed by atoms with van der Waals surface area (Å²) in [6, 6.07) is 5.22. The summed E-state index contributed by atoms with van der Waals surface area (Å²) >= 11 is 12.6. The summed E-state index contributed by atoms with van der Waals surface area (Å²) in [6.07, 6.45) is 3.98. The highest BCUT2D eigenvalue weighted by Gasteiger charge is 2.27. The van der Waals surface area contributed by atoms with Crippen molar-refractivity contribution in [2.75, 3.05) is 13.1 Å². The van der Waals surface area contributed by atoms with Gasteiger partial charge in [0.15, 0.2) is 0 Å². The van der Waals surface area contributed by atoms with Crippen LogP contribution in [0.2, 0.25) is 10.0 Å². The molecule has 0 atom stereocenters. The summed E-state index contributed by atoms with van der Waals surface area (Å²) in [7, 11) is 0. The minimum absolute atomic E-state index is 0.0772. The average molecular weight is 383 g/mol. The van der Waals surface area contributed by atoms with Gasteiger partial charge in [0, 0.05) is 18.7 Å². The largest absolute Gasteiger partial charge is 0.360 e. The molecule has 1 aromatic heterocycles. The van der Waals surface area contributed by atoms with E-state index in [2.05, 4.69) is 19.0 Å². The molecule has 0 spiro atoms. The fourth-order valence-electron chi connectivity index (χ4n) is 2.69. The number of unbranched alkanes of at least 4 members (excludes halogenated alkanes) is 2. The third-order valence-electron chi connectivity index (χ3n) is 4.13. The third-order valence-corrected chi connectivity index (χ3v) is 4.76. The van der Waals surface area contributed by atoms with Crippen molar-refractivity contribution in [2.24, 2.45) is 0 Å². The molecule has 4 nitrogen and oxygen atoms in total. The SMILES string of the molecule is CCCCN(CCCC)C(=O)c1c(-c2c(Cl)cccc2Cl)noc1C. The summed E-state index contributed by atoms with van der Waals surface area (Å²) in [5.41, 5.74) is 1.40. The van der Waals surface area contributed by atoms with E-state index in [1.54, 1.807) is 25.1 Å². The number of halogens is 2. The zero-order chi connectivity index (χ0) is 18.4.